The number of fused-ring (bicyclic) bond motifs is 3. The van der Waals surface area contributed by atoms with Gasteiger partial charge in [-0.15, -0.1) is 0 Å². The maximum absolute atomic E-state index is 12.5. The molecule has 9 heteroatoms. The minimum absolute atomic E-state index is 0.0187. The topological polar surface area (TPSA) is 75.4 Å². The number of pyridine rings is 1. The van der Waals surface area contributed by atoms with E-state index >= 15 is 0 Å². The van der Waals surface area contributed by atoms with Crippen molar-refractivity contribution in [2.24, 2.45) is 5.92 Å². The fourth-order valence-corrected chi connectivity index (χ4v) is 3.73. The van der Waals surface area contributed by atoms with Gasteiger partial charge in [-0.1, -0.05) is 0 Å². The normalized spacial score (nSPS) is 25.4. The molecule has 0 saturated carbocycles. The number of Topliss-reactive ketones (excluding diaryl/α,β-unsaturated/α-hetero) is 1. The zero-order chi connectivity index (χ0) is 18.5. The first kappa shape index (κ1) is 17.0. The molecule has 4 heterocycles. The summed E-state index contributed by atoms with van der Waals surface area (Å²) in [6, 6.07) is 2.27. The van der Waals surface area contributed by atoms with Gasteiger partial charge in [-0.05, 0) is 31.4 Å². The van der Waals surface area contributed by atoms with E-state index in [1.165, 1.54) is 12.3 Å². The van der Waals surface area contributed by atoms with E-state index in [-0.39, 0.29) is 22.7 Å². The van der Waals surface area contributed by atoms with Gasteiger partial charge in [0.25, 0.3) is 5.91 Å². The van der Waals surface area contributed by atoms with E-state index in [2.05, 4.69) is 15.2 Å². The highest BCUT2D eigenvalue weighted by Crippen LogP contribution is 2.28. The summed E-state index contributed by atoms with van der Waals surface area (Å²) in [4.78, 5) is 30.0. The molecule has 0 radical (unpaired) electrons. The molecule has 2 aromatic heterocycles. The van der Waals surface area contributed by atoms with Gasteiger partial charge in [-0.2, -0.15) is 13.2 Å². The number of hydrogen-bond donors (Lipinski definition) is 1. The Balaban J connectivity index is 1.51. The Morgan fingerprint density at radius 2 is 2.08 bits per heavy atom. The Morgan fingerprint density at radius 1 is 1.27 bits per heavy atom. The predicted octanol–water partition coefficient (Wildman–Crippen LogP) is 2.40. The van der Waals surface area contributed by atoms with E-state index in [0.717, 1.165) is 38.5 Å². The summed E-state index contributed by atoms with van der Waals surface area (Å²) >= 11 is 0. The number of carbonyl (C=O) groups excluding carboxylic acids is 2. The number of rotatable bonds is 3. The molecule has 1 unspecified atom stereocenters. The first-order chi connectivity index (χ1) is 12.3. The van der Waals surface area contributed by atoms with Gasteiger partial charge in [0.05, 0.1) is 0 Å². The third kappa shape index (κ3) is 3.18. The number of amides is 1. The molecule has 2 saturated heterocycles. The van der Waals surface area contributed by atoms with Gasteiger partial charge >= 0.3 is 12.0 Å². The highest BCUT2D eigenvalue weighted by atomic mass is 19.4. The lowest BCUT2D eigenvalue weighted by Crippen LogP contribution is -2.47. The largest absolute Gasteiger partial charge is 0.458 e. The van der Waals surface area contributed by atoms with Gasteiger partial charge in [0, 0.05) is 36.8 Å². The average molecular weight is 367 g/mol. The number of nitrogens with one attached hydrogen (secondary N) is 1. The van der Waals surface area contributed by atoms with Gasteiger partial charge in [-0.3, -0.25) is 14.6 Å². The number of halogens is 3. The Morgan fingerprint density at radius 3 is 2.81 bits per heavy atom. The van der Waals surface area contributed by atoms with E-state index in [1.54, 1.807) is 0 Å². The number of aromatic nitrogens is 1. The third-order valence-corrected chi connectivity index (χ3v) is 4.92. The molecule has 4 rings (SSSR count). The summed E-state index contributed by atoms with van der Waals surface area (Å²) in [6.07, 6.45) is -1.74. The molecule has 1 N–H and O–H groups in total. The van der Waals surface area contributed by atoms with Crippen molar-refractivity contribution < 1.29 is 27.2 Å². The number of nitrogens with zero attached hydrogens (tertiary/aromatic N) is 2. The molecule has 2 fully saturated rings. The van der Waals surface area contributed by atoms with Crippen LogP contribution in [0.5, 0.6) is 0 Å². The number of hydrogen-bond acceptors (Lipinski definition) is 5. The SMILES string of the molecule is O=C(N[C@@H]1C[C@H]2CCN(C2)C1)c1cc2oc(C(=O)C(F)(F)F)cc2cn1. The van der Waals surface area contributed by atoms with Crippen LogP contribution in [-0.2, 0) is 0 Å². The summed E-state index contributed by atoms with van der Waals surface area (Å²) in [5.41, 5.74) is 0.0657. The van der Waals surface area contributed by atoms with Crippen LogP contribution in [0.1, 0.15) is 33.9 Å². The maximum Gasteiger partial charge on any atom is 0.458 e. The van der Waals surface area contributed by atoms with Gasteiger partial charge in [-0.25, -0.2) is 0 Å². The minimum Gasteiger partial charge on any atom is -0.452 e. The molecule has 1 amide bonds. The molecule has 2 bridgehead atoms. The second kappa shape index (κ2) is 6.08. The van der Waals surface area contributed by atoms with Crippen molar-refractivity contribution in [1.82, 2.24) is 15.2 Å². The Hall–Kier alpha value is -2.42. The number of alkyl halides is 3. The molecule has 2 aliphatic heterocycles. The fourth-order valence-electron chi connectivity index (χ4n) is 3.73. The van der Waals surface area contributed by atoms with Crippen molar-refractivity contribution in [3.05, 3.63) is 29.8 Å². The Labute approximate surface area is 146 Å². The Bertz CT molecular complexity index is 865. The predicted molar refractivity (Wildman–Crippen MR) is 84.8 cm³/mol. The lowest BCUT2D eigenvalue weighted by molar-refractivity contribution is -0.0898. The van der Waals surface area contributed by atoms with Crippen LogP contribution in [0.4, 0.5) is 13.2 Å². The van der Waals surface area contributed by atoms with E-state index in [0.29, 0.717) is 5.92 Å². The van der Waals surface area contributed by atoms with Crippen molar-refractivity contribution >= 4 is 22.7 Å². The van der Waals surface area contributed by atoms with E-state index in [9.17, 15) is 22.8 Å². The zero-order valence-electron chi connectivity index (χ0n) is 13.7. The molecule has 6 nitrogen and oxygen atoms in total. The van der Waals surface area contributed by atoms with Crippen molar-refractivity contribution in [3.8, 4) is 0 Å². The standard InChI is InChI=1S/C17H16F3N3O3/c18-17(19,20)15(24)14-4-10-6-21-12(5-13(10)26-14)16(25)22-11-3-9-1-2-23(7-9)8-11/h4-6,9,11H,1-3,7-8H2,(H,22,25)/t9-,11-/m1/s1. The van der Waals surface area contributed by atoms with Gasteiger partial charge in [0.2, 0.25) is 0 Å². The summed E-state index contributed by atoms with van der Waals surface area (Å²) in [5.74, 6) is -2.69. The Kier molecular flexibility index (Phi) is 3.98. The van der Waals surface area contributed by atoms with Crippen LogP contribution in [0.2, 0.25) is 0 Å². The molecule has 0 aromatic carbocycles. The van der Waals surface area contributed by atoms with Gasteiger partial charge in [0.1, 0.15) is 11.3 Å². The smallest absolute Gasteiger partial charge is 0.452 e. The molecular weight excluding hydrogens is 351 g/mol. The molecule has 2 aromatic rings. The highest BCUT2D eigenvalue weighted by molar-refractivity contribution is 6.02. The van der Waals surface area contributed by atoms with Crippen LogP contribution in [0.3, 0.4) is 0 Å². The summed E-state index contributed by atoms with van der Waals surface area (Å²) in [6.45, 7) is 2.90. The molecule has 3 atom stereocenters. The van der Waals surface area contributed by atoms with Crippen LogP contribution in [0.25, 0.3) is 11.0 Å². The molecular formula is C17H16F3N3O3. The van der Waals surface area contributed by atoms with E-state index < -0.39 is 23.6 Å². The first-order valence-corrected chi connectivity index (χ1v) is 8.34. The summed E-state index contributed by atoms with van der Waals surface area (Å²) in [5, 5.41) is 3.16. The zero-order valence-corrected chi connectivity index (χ0v) is 13.7. The molecule has 2 aliphatic rings. The van der Waals surface area contributed by atoms with Gasteiger partial charge < -0.3 is 14.6 Å². The second-order valence-corrected chi connectivity index (χ2v) is 6.87. The van der Waals surface area contributed by atoms with Gasteiger partial charge in [0.15, 0.2) is 5.76 Å². The molecule has 138 valence electrons. The maximum atomic E-state index is 12.5. The van der Waals surface area contributed by atoms with Crippen LogP contribution in [0.15, 0.2) is 22.7 Å². The molecule has 0 aliphatic carbocycles. The highest BCUT2D eigenvalue weighted by Gasteiger charge is 2.41. The van der Waals surface area contributed by atoms with E-state index in [1.807, 2.05) is 0 Å². The monoisotopic (exact) mass is 367 g/mol. The number of furan rings is 1. The van der Waals surface area contributed by atoms with Crippen LogP contribution < -0.4 is 5.32 Å². The van der Waals surface area contributed by atoms with Crippen LogP contribution in [0, 0.1) is 5.92 Å². The fraction of sp³-hybridized carbons (Fsp3) is 0.471. The van der Waals surface area contributed by atoms with Crippen LogP contribution >= 0.6 is 0 Å². The number of ketones is 1. The molecule has 26 heavy (non-hydrogen) atoms. The van der Waals surface area contributed by atoms with E-state index in [4.69, 9.17) is 4.42 Å². The lowest BCUT2D eigenvalue weighted by Gasteiger charge is -2.30. The van der Waals surface area contributed by atoms with Crippen LogP contribution in [-0.4, -0.2) is 53.4 Å². The van der Waals surface area contributed by atoms with Crippen molar-refractivity contribution in [3.63, 3.8) is 0 Å². The first-order valence-electron chi connectivity index (χ1n) is 8.34. The summed E-state index contributed by atoms with van der Waals surface area (Å²) < 4.78 is 42.5. The van der Waals surface area contributed by atoms with Crippen molar-refractivity contribution in [2.45, 2.75) is 25.1 Å². The molecule has 0 spiro atoms. The quantitative estimate of drug-likeness (QED) is 0.844. The lowest BCUT2D eigenvalue weighted by atomic mass is 9.97. The number of carbonyl (C=O) groups is 2. The minimum atomic E-state index is -5.02. The number of piperidine rings is 1. The average Bonchev–Trinajstić information content (AvgIpc) is 3.15. The third-order valence-electron chi connectivity index (χ3n) is 4.92. The van der Waals surface area contributed by atoms with Crippen molar-refractivity contribution in [2.75, 3.05) is 19.6 Å². The summed E-state index contributed by atoms with van der Waals surface area (Å²) in [7, 11) is 0. The second-order valence-electron chi connectivity index (χ2n) is 6.87. The van der Waals surface area contributed by atoms with Crippen molar-refractivity contribution in [1.29, 1.82) is 0 Å².